The number of aliphatic hydroxyl groups is 1. The van der Waals surface area contributed by atoms with Gasteiger partial charge < -0.3 is 14.4 Å². The molecule has 3 heterocycles. The van der Waals surface area contributed by atoms with Crippen LogP contribution in [0, 0.1) is 0 Å². The van der Waals surface area contributed by atoms with Crippen molar-refractivity contribution in [1.82, 2.24) is 19.5 Å². The van der Waals surface area contributed by atoms with Crippen molar-refractivity contribution in [2.45, 2.75) is 44.9 Å². The molecule has 0 aromatic carbocycles. The Morgan fingerprint density at radius 2 is 1.89 bits per heavy atom. The maximum atomic E-state index is 10.8. The van der Waals surface area contributed by atoms with Gasteiger partial charge in [-0.25, -0.2) is 4.98 Å². The van der Waals surface area contributed by atoms with Crippen LogP contribution < -0.4 is 0 Å². The number of ether oxygens (including phenoxy) is 1. The zero-order valence-electron chi connectivity index (χ0n) is 16.7. The number of imidazole rings is 1. The van der Waals surface area contributed by atoms with Crippen LogP contribution in [0.15, 0.2) is 55.1 Å². The molecular weight excluding hydrogens is 368 g/mol. The van der Waals surface area contributed by atoms with Gasteiger partial charge in [-0.15, -0.1) is 0 Å². The van der Waals surface area contributed by atoms with Crippen molar-refractivity contribution >= 4 is 8.07 Å². The molecule has 28 heavy (non-hydrogen) atoms. The third-order valence-electron chi connectivity index (χ3n) is 4.43. The summed E-state index contributed by atoms with van der Waals surface area (Å²) >= 11 is 0. The van der Waals surface area contributed by atoms with E-state index in [0.29, 0.717) is 31.3 Å². The van der Waals surface area contributed by atoms with Crippen LogP contribution in [0.2, 0.25) is 25.7 Å². The molecule has 0 spiro atoms. The minimum absolute atomic E-state index is 0.368. The highest BCUT2D eigenvalue weighted by molar-refractivity contribution is 6.76. The molecule has 1 unspecified atom stereocenters. The number of nitrogens with zero attached hydrogens (tertiary/aromatic N) is 4. The van der Waals surface area contributed by atoms with Crippen LogP contribution in [0.5, 0.6) is 0 Å². The van der Waals surface area contributed by atoms with Crippen molar-refractivity contribution in [1.29, 1.82) is 0 Å². The quantitative estimate of drug-likeness (QED) is 0.441. The first-order valence-corrected chi connectivity index (χ1v) is 13.2. The van der Waals surface area contributed by atoms with Gasteiger partial charge in [-0.05, 0) is 35.9 Å². The summed E-state index contributed by atoms with van der Waals surface area (Å²) in [5, 5.41) is 10.8. The fourth-order valence-electron chi connectivity index (χ4n) is 2.81. The highest BCUT2D eigenvalue weighted by atomic mass is 28.3. The summed E-state index contributed by atoms with van der Waals surface area (Å²) in [6.45, 7) is 8.07. The van der Waals surface area contributed by atoms with Gasteiger partial charge in [0, 0.05) is 45.9 Å². The average Bonchev–Trinajstić information content (AvgIpc) is 3.08. The normalized spacial score (nSPS) is 12.9. The molecule has 3 aromatic heterocycles. The minimum atomic E-state index is -1.14. The standard InChI is InChI=1S/C21H28N4O2Si/c1-28(2,3)13-12-27-16-25-15-18(14-17-7-10-22-11-8-17)24-21(25)20(26)19-6-4-5-9-23-19/h4-11,15,20,26H,12-14,16H2,1-3H3. The third kappa shape index (κ3) is 5.82. The molecule has 6 nitrogen and oxygen atoms in total. The number of aromatic nitrogens is 4. The lowest BCUT2D eigenvalue weighted by Crippen LogP contribution is -2.22. The second kappa shape index (κ2) is 9.23. The van der Waals surface area contributed by atoms with Crippen molar-refractivity contribution in [2.75, 3.05) is 6.61 Å². The van der Waals surface area contributed by atoms with Crippen LogP contribution in [0.4, 0.5) is 0 Å². The summed E-state index contributed by atoms with van der Waals surface area (Å²) in [7, 11) is -1.14. The maximum absolute atomic E-state index is 10.8. The molecule has 0 saturated heterocycles. The molecule has 3 rings (SSSR count). The van der Waals surface area contributed by atoms with Gasteiger partial charge in [0.15, 0.2) is 6.10 Å². The smallest absolute Gasteiger partial charge is 0.154 e. The molecule has 0 radical (unpaired) electrons. The summed E-state index contributed by atoms with van der Waals surface area (Å²) in [6.07, 6.45) is 6.95. The SMILES string of the molecule is C[Si](C)(C)CCOCn1cc(Cc2ccncc2)nc1C(O)c1ccccn1. The average molecular weight is 397 g/mol. The molecule has 0 aliphatic heterocycles. The first kappa shape index (κ1) is 20.4. The summed E-state index contributed by atoms with van der Waals surface area (Å²) in [5.41, 5.74) is 2.58. The molecule has 1 N–H and O–H groups in total. The molecule has 0 aliphatic carbocycles. The lowest BCUT2D eigenvalue weighted by atomic mass is 10.1. The lowest BCUT2D eigenvalue weighted by Gasteiger charge is -2.17. The Morgan fingerprint density at radius 3 is 2.57 bits per heavy atom. The van der Waals surface area contributed by atoms with Gasteiger partial charge in [0.05, 0.1) is 11.4 Å². The van der Waals surface area contributed by atoms with Gasteiger partial charge in [0.2, 0.25) is 0 Å². The molecule has 0 fully saturated rings. The summed E-state index contributed by atoms with van der Waals surface area (Å²) in [5.74, 6) is 0.552. The Balaban J connectivity index is 1.78. The Labute approximate surface area is 167 Å². The third-order valence-corrected chi connectivity index (χ3v) is 6.14. The first-order chi connectivity index (χ1) is 13.4. The second-order valence-electron chi connectivity index (χ2n) is 8.10. The van der Waals surface area contributed by atoms with E-state index < -0.39 is 14.2 Å². The second-order valence-corrected chi connectivity index (χ2v) is 13.7. The van der Waals surface area contributed by atoms with E-state index in [2.05, 4.69) is 29.6 Å². The van der Waals surface area contributed by atoms with Crippen molar-refractivity contribution in [2.24, 2.45) is 0 Å². The van der Waals surface area contributed by atoms with Gasteiger partial charge >= 0.3 is 0 Å². The molecule has 0 saturated carbocycles. The number of hydrogen-bond acceptors (Lipinski definition) is 5. The van der Waals surface area contributed by atoms with E-state index >= 15 is 0 Å². The number of aliphatic hydroxyl groups excluding tert-OH is 1. The predicted molar refractivity (Wildman–Crippen MR) is 112 cm³/mol. The molecule has 148 valence electrons. The van der Waals surface area contributed by atoms with Gasteiger partial charge in [-0.2, -0.15) is 0 Å². The highest BCUT2D eigenvalue weighted by Crippen LogP contribution is 2.21. The molecule has 0 amide bonds. The number of rotatable bonds is 9. The van der Waals surface area contributed by atoms with Gasteiger partial charge in [-0.3, -0.25) is 9.97 Å². The zero-order chi connectivity index (χ0) is 20.0. The summed E-state index contributed by atoms with van der Waals surface area (Å²) in [6, 6.07) is 10.5. The van der Waals surface area contributed by atoms with Gasteiger partial charge in [0.1, 0.15) is 12.6 Å². The van der Waals surface area contributed by atoms with Crippen LogP contribution in [0.1, 0.15) is 28.9 Å². The zero-order valence-corrected chi connectivity index (χ0v) is 17.7. The van der Waals surface area contributed by atoms with Crippen LogP contribution in [0.3, 0.4) is 0 Å². The van der Waals surface area contributed by atoms with Gasteiger partial charge in [-0.1, -0.05) is 25.7 Å². The molecule has 0 aliphatic rings. The Morgan fingerprint density at radius 1 is 1.11 bits per heavy atom. The van der Waals surface area contributed by atoms with Crippen LogP contribution in [0.25, 0.3) is 0 Å². The largest absolute Gasteiger partial charge is 0.379 e. The van der Waals surface area contributed by atoms with E-state index in [1.165, 1.54) is 0 Å². The van der Waals surface area contributed by atoms with Crippen LogP contribution in [-0.2, 0) is 17.9 Å². The number of hydrogen-bond donors (Lipinski definition) is 1. The monoisotopic (exact) mass is 396 g/mol. The fourth-order valence-corrected chi connectivity index (χ4v) is 3.57. The first-order valence-electron chi connectivity index (χ1n) is 9.54. The lowest BCUT2D eigenvalue weighted by molar-refractivity contribution is 0.0783. The molecule has 3 aromatic rings. The van der Waals surface area contributed by atoms with E-state index in [4.69, 9.17) is 9.72 Å². The van der Waals surface area contributed by atoms with E-state index in [9.17, 15) is 5.11 Å². The van der Waals surface area contributed by atoms with E-state index in [0.717, 1.165) is 17.3 Å². The van der Waals surface area contributed by atoms with Crippen molar-refractivity contribution in [3.05, 3.63) is 77.9 Å². The number of pyridine rings is 2. The van der Waals surface area contributed by atoms with E-state index in [1.54, 1.807) is 24.7 Å². The Hall–Kier alpha value is -2.35. The molecule has 0 bridgehead atoms. The van der Waals surface area contributed by atoms with E-state index in [-0.39, 0.29) is 0 Å². The topological polar surface area (TPSA) is 73.1 Å². The summed E-state index contributed by atoms with van der Waals surface area (Å²) < 4.78 is 7.79. The van der Waals surface area contributed by atoms with E-state index in [1.807, 2.05) is 35.0 Å². The van der Waals surface area contributed by atoms with Crippen LogP contribution >= 0.6 is 0 Å². The fraction of sp³-hybridized carbons (Fsp3) is 0.381. The maximum Gasteiger partial charge on any atom is 0.154 e. The van der Waals surface area contributed by atoms with Crippen molar-refractivity contribution in [3.63, 3.8) is 0 Å². The summed E-state index contributed by atoms with van der Waals surface area (Å²) in [4.78, 5) is 13.0. The predicted octanol–water partition coefficient (Wildman–Crippen LogP) is 3.66. The van der Waals surface area contributed by atoms with Crippen molar-refractivity contribution in [3.8, 4) is 0 Å². The molecule has 1 atom stereocenters. The minimum Gasteiger partial charge on any atom is -0.379 e. The van der Waals surface area contributed by atoms with Crippen molar-refractivity contribution < 1.29 is 9.84 Å². The Kier molecular flexibility index (Phi) is 6.72. The highest BCUT2D eigenvalue weighted by Gasteiger charge is 2.20. The Bertz CT molecular complexity index is 863. The van der Waals surface area contributed by atoms with Gasteiger partial charge in [0.25, 0.3) is 0 Å². The van der Waals surface area contributed by atoms with Crippen LogP contribution in [-0.4, -0.2) is 39.3 Å². The molecular formula is C21H28N4O2Si. The molecule has 7 heteroatoms.